The molecule has 0 saturated carbocycles. The van der Waals surface area contributed by atoms with Crippen LogP contribution >= 0.6 is 11.6 Å². The minimum absolute atomic E-state index is 0.0828. The molecule has 30 heavy (non-hydrogen) atoms. The van der Waals surface area contributed by atoms with Gasteiger partial charge in [-0.2, -0.15) is 0 Å². The van der Waals surface area contributed by atoms with E-state index < -0.39 is 11.8 Å². The summed E-state index contributed by atoms with van der Waals surface area (Å²) in [4.78, 5) is 26.2. The molecule has 156 valence electrons. The third kappa shape index (κ3) is 4.57. The summed E-state index contributed by atoms with van der Waals surface area (Å²) in [5.41, 5.74) is 0.959. The van der Waals surface area contributed by atoms with Crippen molar-refractivity contribution >= 4 is 23.2 Å². The van der Waals surface area contributed by atoms with E-state index in [-0.39, 0.29) is 18.0 Å². The van der Waals surface area contributed by atoms with Crippen molar-refractivity contribution in [2.75, 3.05) is 21.3 Å². The lowest BCUT2D eigenvalue weighted by Crippen LogP contribution is -2.27. The summed E-state index contributed by atoms with van der Waals surface area (Å²) < 4.78 is 15.9. The Kier molecular flexibility index (Phi) is 6.95. The zero-order valence-corrected chi connectivity index (χ0v) is 17.8. The lowest BCUT2D eigenvalue weighted by molar-refractivity contribution is 0.0881. The van der Waals surface area contributed by atoms with E-state index in [0.29, 0.717) is 33.4 Å². The lowest BCUT2D eigenvalue weighted by atomic mass is 9.78. The van der Waals surface area contributed by atoms with E-state index in [1.165, 1.54) is 14.2 Å². The van der Waals surface area contributed by atoms with Crippen LogP contribution in [0.25, 0.3) is 0 Å². The van der Waals surface area contributed by atoms with E-state index in [1.54, 1.807) is 67.8 Å². The third-order valence-corrected chi connectivity index (χ3v) is 5.45. The molecule has 1 aliphatic carbocycles. The van der Waals surface area contributed by atoms with Crippen LogP contribution in [0.4, 0.5) is 0 Å². The zero-order valence-electron chi connectivity index (χ0n) is 17.1. The average molecular weight is 427 g/mol. The largest absolute Gasteiger partial charge is 0.497 e. The van der Waals surface area contributed by atoms with Crippen LogP contribution in [0.15, 0.2) is 72.2 Å². The first-order valence-corrected chi connectivity index (χ1v) is 9.84. The normalized spacial score (nSPS) is 18.1. The number of carbonyl (C=O) groups is 2. The van der Waals surface area contributed by atoms with Crippen molar-refractivity contribution in [1.29, 1.82) is 0 Å². The van der Waals surface area contributed by atoms with Crippen molar-refractivity contribution in [2.24, 2.45) is 11.8 Å². The van der Waals surface area contributed by atoms with Gasteiger partial charge in [0.15, 0.2) is 23.1 Å². The van der Waals surface area contributed by atoms with Crippen molar-refractivity contribution in [3.05, 3.63) is 88.4 Å². The molecule has 0 saturated heterocycles. The summed E-state index contributed by atoms with van der Waals surface area (Å²) in [6.45, 7) is 0. The number of rotatable bonds is 8. The van der Waals surface area contributed by atoms with Crippen molar-refractivity contribution in [1.82, 2.24) is 0 Å². The number of ether oxygens (including phenoxy) is 3. The van der Waals surface area contributed by atoms with Crippen molar-refractivity contribution in [3.8, 4) is 5.75 Å². The summed E-state index contributed by atoms with van der Waals surface area (Å²) in [5.74, 6) is 0.349. The molecule has 2 aromatic rings. The van der Waals surface area contributed by atoms with Crippen LogP contribution in [-0.2, 0) is 9.47 Å². The lowest BCUT2D eigenvalue weighted by Gasteiger charge is -2.27. The monoisotopic (exact) mass is 426 g/mol. The maximum atomic E-state index is 13.3. The molecule has 0 aliphatic heterocycles. The number of halogens is 1. The fraction of sp³-hybridized carbons (Fsp3) is 0.250. The molecule has 2 atom stereocenters. The van der Waals surface area contributed by atoms with Gasteiger partial charge < -0.3 is 14.2 Å². The predicted molar refractivity (Wildman–Crippen MR) is 115 cm³/mol. The zero-order chi connectivity index (χ0) is 21.7. The predicted octanol–water partition coefficient (Wildman–Crippen LogP) is 5.11. The second-order valence-corrected chi connectivity index (χ2v) is 7.27. The van der Waals surface area contributed by atoms with Crippen LogP contribution in [0.2, 0.25) is 5.02 Å². The van der Waals surface area contributed by atoms with E-state index in [4.69, 9.17) is 25.8 Å². The number of Topliss-reactive ketones (excluding diaryl/α,β-unsaturated/α-hetero) is 2. The van der Waals surface area contributed by atoms with Crippen LogP contribution in [-0.4, -0.2) is 32.9 Å². The summed E-state index contributed by atoms with van der Waals surface area (Å²) in [7, 11) is 4.61. The van der Waals surface area contributed by atoms with Gasteiger partial charge >= 0.3 is 0 Å². The fourth-order valence-corrected chi connectivity index (χ4v) is 3.72. The Labute approximate surface area is 180 Å². The van der Waals surface area contributed by atoms with Gasteiger partial charge in [-0.15, -0.1) is 0 Å². The Morgan fingerprint density at radius 1 is 0.867 bits per heavy atom. The van der Waals surface area contributed by atoms with Gasteiger partial charge in [-0.25, -0.2) is 0 Å². The van der Waals surface area contributed by atoms with Crippen molar-refractivity contribution in [3.63, 3.8) is 0 Å². The highest BCUT2D eigenvalue weighted by Gasteiger charge is 2.34. The number of methoxy groups -OCH3 is 3. The summed E-state index contributed by atoms with van der Waals surface area (Å²) in [6, 6.07) is 13.8. The molecule has 0 radical (unpaired) electrons. The summed E-state index contributed by atoms with van der Waals surface area (Å²) >= 11 is 6.25. The van der Waals surface area contributed by atoms with Gasteiger partial charge in [0.25, 0.3) is 0 Å². The smallest absolute Gasteiger partial charge is 0.171 e. The van der Waals surface area contributed by atoms with E-state index >= 15 is 0 Å². The molecule has 2 aromatic carbocycles. The Morgan fingerprint density at radius 2 is 1.50 bits per heavy atom. The topological polar surface area (TPSA) is 61.8 Å². The van der Waals surface area contributed by atoms with Crippen LogP contribution in [0, 0.1) is 11.8 Å². The first-order chi connectivity index (χ1) is 14.5. The molecule has 3 rings (SSSR count). The number of hydrogen-bond acceptors (Lipinski definition) is 5. The van der Waals surface area contributed by atoms with Crippen LogP contribution in [0.5, 0.6) is 5.75 Å². The third-order valence-electron chi connectivity index (χ3n) is 5.12. The van der Waals surface area contributed by atoms with E-state index in [1.807, 2.05) is 0 Å². The number of allylic oxidation sites excluding steroid dienone is 2. The Morgan fingerprint density at radius 3 is 2.10 bits per heavy atom. The van der Waals surface area contributed by atoms with Gasteiger partial charge in [0.2, 0.25) is 0 Å². The van der Waals surface area contributed by atoms with Gasteiger partial charge in [0, 0.05) is 23.5 Å². The maximum absolute atomic E-state index is 13.3. The Balaban J connectivity index is 1.92. The molecular weight excluding hydrogens is 404 g/mol. The van der Waals surface area contributed by atoms with E-state index in [0.717, 1.165) is 0 Å². The highest BCUT2D eigenvalue weighted by molar-refractivity contribution is 6.34. The maximum Gasteiger partial charge on any atom is 0.171 e. The Hall–Kier alpha value is -3.05. The quantitative estimate of drug-likeness (QED) is 0.549. The van der Waals surface area contributed by atoms with Gasteiger partial charge in [-0.3, -0.25) is 9.59 Å². The van der Waals surface area contributed by atoms with Crippen LogP contribution in [0.1, 0.15) is 27.1 Å². The van der Waals surface area contributed by atoms with Crippen LogP contribution < -0.4 is 4.74 Å². The first-order valence-electron chi connectivity index (χ1n) is 9.46. The standard InChI is InChI=1S/C24H23ClO5/c1-28-17-10-8-15(9-11-17)21(26)12-16-13-22(29-2)23(30-3)14-19(16)24(27)18-6-4-5-7-20(18)25/h4-11,13-14,16,19H,12H2,1-3H3/t16-,19-/m1/s1. The summed E-state index contributed by atoms with van der Waals surface area (Å²) in [5, 5.41) is 0.372. The molecule has 0 heterocycles. The van der Waals surface area contributed by atoms with Gasteiger partial charge in [0.05, 0.1) is 32.3 Å². The second kappa shape index (κ2) is 9.63. The fourth-order valence-electron chi connectivity index (χ4n) is 3.49. The molecule has 0 amide bonds. The summed E-state index contributed by atoms with van der Waals surface area (Å²) in [6.07, 6.45) is 3.61. The van der Waals surface area contributed by atoms with Crippen molar-refractivity contribution in [2.45, 2.75) is 6.42 Å². The molecule has 1 aliphatic rings. The van der Waals surface area contributed by atoms with Gasteiger partial charge in [-0.1, -0.05) is 23.7 Å². The number of ketones is 2. The average Bonchev–Trinajstić information content (AvgIpc) is 2.78. The number of benzene rings is 2. The highest BCUT2D eigenvalue weighted by Crippen LogP contribution is 2.35. The minimum atomic E-state index is -0.610. The van der Waals surface area contributed by atoms with Crippen LogP contribution in [0.3, 0.4) is 0 Å². The minimum Gasteiger partial charge on any atom is -0.497 e. The SMILES string of the molecule is COC1=C[C@@H](CC(=O)c2ccc(OC)cc2)[C@H](C(=O)c2ccccc2Cl)C=C1OC. The second-order valence-electron chi connectivity index (χ2n) is 6.86. The first kappa shape index (κ1) is 21.7. The number of hydrogen-bond donors (Lipinski definition) is 0. The van der Waals surface area contributed by atoms with Gasteiger partial charge in [-0.05, 0) is 48.6 Å². The van der Waals surface area contributed by atoms with Crippen molar-refractivity contribution < 1.29 is 23.8 Å². The number of carbonyl (C=O) groups excluding carboxylic acids is 2. The van der Waals surface area contributed by atoms with Gasteiger partial charge in [0.1, 0.15) is 5.75 Å². The molecule has 6 heteroatoms. The highest BCUT2D eigenvalue weighted by atomic mass is 35.5. The molecule has 0 spiro atoms. The molecule has 5 nitrogen and oxygen atoms in total. The molecule has 0 bridgehead atoms. The molecule has 0 aromatic heterocycles. The molecular formula is C24H23ClO5. The molecule has 0 N–H and O–H groups in total. The molecule has 0 unspecified atom stereocenters. The molecule has 0 fully saturated rings. The Bertz CT molecular complexity index is 991. The van der Waals surface area contributed by atoms with E-state index in [2.05, 4.69) is 0 Å². The van der Waals surface area contributed by atoms with E-state index in [9.17, 15) is 9.59 Å².